The fourth-order valence-electron chi connectivity index (χ4n) is 3.97. The van der Waals surface area contributed by atoms with Gasteiger partial charge in [-0.1, -0.05) is 24.3 Å². The number of sulfonamides is 1. The molecule has 1 saturated heterocycles. The van der Waals surface area contributed by atoms with Crippen molar-refractivity contribution in [3.05, 3.63) is 59.7 Å². The summed E-state index contributed by atoms with van der Waals surface area (Å²) in [4.78, 5) is 17.2. The second kappa shape index (κ2) is 8.45. The Labute approximate surface area is 173 Å². The minimum absolute atomic E-state index is 0.165. The molecule has 0 spiro atoms. The lowest BCUT2D eigenvalue weighted by atomic mass is 10.1. The first kappa shape index (κ1) is 21.2. The third-order valence-electron chi connectivity index (χ3n) is 5.24. The molecule has 0 radical (unpaired) electrons. The fourth-order valence-corrected chi connectivity index (χ4v) is 5.12. The summed E-state index contributed by atoms with van der Waals surface area (Å²) >= 11 is 0. The topological polar surface area (TPSA) is 60.9 Å². The quantitative estimate of drug-likeness (QED) is 0.753. The monoisotopic (exact) mass is 415 g/mol. The van der Waals surface area contributed by atoms with Gasteiger partial charge in [0.1, 0.15) is 6.04 Å². The number of piperazine rings is 1. The zero-order valence-electron chi connectivity index (χ0n) is 17.5. The van der Waals surface area contributed by atoms with E-state index < -0.39 is 16.1 Å². The van der Waals surface area contributed by atoms with Gasteiger partial charge in [-0.2, -0.15) is 0 Å². The van der Waals surface area contributed by atoms with Crippen molar-refractivity contribution >= 4 is 27.3 Å². The van der Waals surface area contributed by atoms with Crippen molar-refractivity contribution in [1.29, 1.82) is 0 Å². The van der Waals surface area contributed by atoms with Crippen molar-refractivity contribution in [3.8, 4) is 0 Å². The highest BCUT2D eigenvalue weighted by atomic mass is 32.2. The Morgan fingerprint density at radius 2 is 1.52 bits per heavy atom. The van der Waals surface area contributed by atoms with Crippen LogP contribution in [0.5, 0.6) is 0 Å². The van der Waals surface area contributed by atoms with Gasteiger partial charge in [-0.15, -0.1) is 0 Å². The SMILES string of the molecule is Cc1cc(C)cc(N([C@H](C)C(=O)N2CCN(c3ccccc3)CC2)S(C)(=O)=O)c1. The number of rotatable bonds is 5. The molecule has 7 heteroatoms. The van der Waals surface area contributed by atoms with E-state index in [1.165, 1.54) is 4.31 Å². The van der Waals surface area contributed by atoms with Gasteiger partial charge < -0.3 is 9.80 Å². The van der Waals surface area contributed by atoms with E-state index in [9.17, 15) is 13.2 Å². The molecule has 156 valence electrons. The first-order chi connectivity index (χ1) is 13.7. The van der Waals surface area contributed by atoms with Crippen LogP contribution >= 0.6 is 0 Å². The Bertz CT molecular complexity index is 948. The summed E-state index contributed by atoms with van der Waals surface area (Å²) in [6.07, 6.45) is 1.15. The number of benzene rings is 2. The molecule has 1 aliphatic heterocycles. The normalized spacial score (nSPS) is 15.9. The average Bonchev–Trinajstić information content (AvgIpc) is 2.66. The van der Waals surface area contributed by atoms with E-state index in [0.29, 0.717) is 18.8 Å². The fraction of sp³-hybridized carbons (Fsp3) is 0.409. The van der Waals surface area contributed by atoms with Crippen LogP contribution in [-0.4, -0.2) is 57.7 Å². The molecule has 0 unspecified atom stereocenters. The van der Waals surface area contributed by atoms with Crippen molar-refractivity contribution < 1.29 is 13.2 Å². The first-order valence-electron chi connectivity index (χ1n) is 9.83. The van der Waals surface area contributed by atoms with E-state index >= 15 is 0 Å². The van der Waals surface area contributed by atoms with Crippen LogP contribution < -0.4 is 9.21 Å². The minimum Gasteiger partial charge on any atom is -0.368 e. The molecule has 2 aromatic rings. The number of para-hydroxylation sites is 1. The zero-order chi connectivity index (χ0) is 21.2. The molecular formula is C22H29N3O3S. The first-order valence-corrected chi connectivity index (χ1v) is 11.7. The standard InChI is InChI=1S/C22H29N3O3S/c1-17-14-18(2)16-21(15-17)25(29(4,27)28)19(3)22(26)24-12-10-23(11-13-24)20-8-6-5-7-9-20/h5-9,14-16,19H,10-13H2,1-4H3/t19-/m1/s1. The molecule has 1 aliphatic rings. The van der Waals surface area contributed by atoms with Crippen LogP contribution in [0.2, 0.25) is 0 Å². The van der Waals surface area contributed by atoms with Gasteiger partial charge in [0.25, 0.3) is 0 Å². The van der Waals surface area contributed by atoms with Crippen LogP contribution in [0.3, 0.4) is 0 Å². The number of hydrogen-bond acceptors (Lipinski definition) is 4. The predicted molar refractivity (Wildman–Crippen MR) is 118 cm³/mol. The number of carbonyl (C=O) groups excluding carboxylic acids is 1. The summed E-state index contributed by atoms with van der Waals surface area (Å²) in [6.45, 7) is 8.12. The second-order valence-corrected chi connectivity index (χ2v) is 9.59. The van der Waals surface area contributed by atoms with Crippen molar-refractivity contribution in [2.24, 2.45) is 0 Å². The maximum Gasteiger partial charge on any atom is 0.246 e. The molecule has 0 aromatic heterocycles. The maximum atomic E-state index is 13.2. The summed E-state index contributed by atoms with van der Waals surface area (Å²) in [5, 5.41) is 0. The molecular weight excluding hydrogens is 386 g/mol. The highest BCUT2D eigenvalue weighted by molar-refractivity contribution is 7.92. The molecule has 1 heterocycles. The largest absolute Gasteiger partial charge is 0.368 e. The van der Waals surface area contributed by atoms with Crippen molar-refractivity contribution in [2.75, 3.05) is 41.6 Å². The van der Waals surface area contributed by atoms with E-state index in [4.69, 9.17) is 0 Å². The molecule has 3 rings (SSSR count). The minimum atomic E-state index is -3.61. The highest BCUT2D eigenvalue weighted by Crippen LogP contribution is 2.25. The Hall–Kier alpha value is -2.54. The molecule has 0 bridgehead atoms. The molecule has 1 amide bonds. The van der Waals surface area contributed by atoms with Crippen LogP contribution in [0.1, 0.15) is 18.1 Å². The lowest BCUT2D eigenvalue weighted by molar-refractivity contribution is -0.132. The summed E-state index contributed by atoms with van der Waals surface area (Å²) < 4.78 is 26.4. The van der Waals surface area contributed by atoms with Crippen LogP contribution in [0.25, 0.3) is 0 Å². The number of hydrogen-bond donors (Lipinski definition) is 0. The van der Waals surface area contributed by atoms with Gasteiger partial charge in [0, 0.05) is 31.9 Å². The van der Waals surface area contributed by atoms with E-state index in [1.54, 1.807) is 11.8 Å². The van der Waals surface area contributed by atoms with Crippen molar-refractivity contribution in [3.63, 3.8) is 0 Å². The Morgan fingerprint density at radius 1 is 0.966 bits per heavy atom. The number of amides is 1. The lowest BCUT2D eigenvalue weighted by Gasteiger charge is -2.39. The number of aryl methyl sites for hydroxylation is 2. The molecule has 29 heavy (non-hydrogen) atoms. The Morgan fingerprint density at radius 3 is 2.03 bits per heavy atom. The third-order valence-corrected chi connectivity index (χ3v) is 6.48. The summed E-state index contributed by atoms with van der Waals surface area (Å²) in [6, 6.07) is 14.9. The van der Waals surface area contributed by atoms with Crippen LogP contribution in [-0.2, 0) is 14.8 Å². The van der Waals surface area contributed by atoms with Crippen molar-refractivity contribution in [1.82, 2.24) is 4.90 Å². The molecule has 0 N–H and O–H groups in total. The van der Waals surface area contributed by atoms with E-state index in [0.717, 1.165) is 36.2 Å². The van der Waals surface area contributed by atoms with Gasteiger partial charge in [0.2, 0.25) is 15.9 Å². The van der Waals surface area contributed by atoms with E-state index in [1.807, 2.05) is 50.2 Å². The van der Waals surface area contributed by atoms with Gasteiger partial charge >= 0.3 is 0 Å². The van der Waals surface area contributed by atoms with E-state index in [-0.39, 0.29) is 5.91 Å². The van der Waals surface area contributed by atoms with Gasteiger partial charge in [-0.3, -0.25) is 9.10 Å². The van der Waals surface area contributed by atoms with E-state index in [2.05, 4.69) is 17.0 Å². The number of nitrogens with zero attached hydrogens (tertiary/aromatic N) is 3. The predicted octanol–water partition coefficient (Wildman–Crippen LogP) is 2.81. The third kappa shape index (κ3) is 4.90. The summed E-state index contributed by atoms with van der Waals surface area (Å²) in [7, 11) is -3.61. The number of anilines is 2. The van der Waals surface area contributed by atoms with Gasteiger partial charge in [-0.05, 0) is 56.2 Å². The zero-order valence-corrected chi connectivity index (χ0v) is 18.3. The average molecular weight is 416 g/mol. The molecule has 0 saturated carbocycles. The van der Waals surface area contributed by atoms with Crippen LogP contribution in [0.4, 0.5) is 11.4 Å². The summed E-state index contributed by atoms with van der Waals surface area (Å²) in [5.74, 6) is -0.165. The maximum absolute atomic E-state index is 13.2. The smallest absolute Gasteiger partial charge is 0.246 e. The molecule has 1 fully saturated rings. The Balaban J connectivity index is 1.77. The highest BCUT2D eigenvalue weighted by Gasteiger charge is 2.33. The van der Waals surface area contributed by atoms with Gasteiger partial charge in [0.15, 0.2) is 0 Å². The van der Waals surface area contributed by atoms with Gasteiger partial charge in [-0.25, -0.2) is 8.42 Å². The van der Waals surface area contributed by atoms with Crippen LogP contribution in [0, 0.1) is 13.8 Å². The Kier molecular flexibility index (Phi) is 6.17. The van der Waals surface area contributed by atoms with Crippen LogP contribution in [0.15, 0.2) is 48.5 Å². The molecule has 6 nitrogen and oxygen atoms in total. The molecule has 2 aromatic carbocycles. The van der Waals surface area contributed by atoms with Crippen molar-refractivity contribution in [2.45, 2.75) is 26.8 Å². The summed E-state index contributed by atoms with van der Waals surface area (Å²) in [5.41, 5.74) is 3.60. The number of carbonyl (C=O) groups is 1. The molecule has 0 aliphatic carbocycles. The lowest BCUT2D eigenvalue weighted by Crippen LogP contribution is -2.55. The molecule has 1 atom stereocenters. The van der Waals surface area contributed by atoms with Gasteiger partial charge in [0.05, 0.1) is 11.9 Å². The second-order valence-electron chi connectivity index (χ2n) is 7.73.